The minimum Gasteiger partial charge on any atom is -0.346 e. The van der Waals surface area contributed by atoms with Crippen LogP contribution in [0.1, 0.15) is 39.0 Å². The predicted octanol–water partition coefficient (Wildman–Crippen LogP) is 3.95. The molecular weight excluding hydrogens is 392 g/mol. The second-order valence-corrected chi connectivity index (χ2v) is 8.43. The molecule has 4 aromatic heterocycles. The molecule has 9 heteroatoms. The number of anilines is 1. The molecule has 142 valence electrons. The number of hydrogen-bond donors (Lipinski definition) is 2. The van der Waals surface area contributed by atoms with Crippen LogP contribution in [0.3, 0.4) is 0 Å². The number of amides is 1. The van der Waals surface area contributed by atoms with Crippen molar-refractivity contribution in [3.8, 4) is 0 Å². The van der Waals surface area contributed by atoms with E-state index in [1.807, 2.05) is 43.5 Å². The van der Waals surface area contributed by atoms with Crippen molar-refractivity contribution in [2.24, 2.45) is 0 Å². The topological polar surface area (TPSA) is 92.7 Å². The molecule has 28 heavy (non-hydrogen) atoms. The van der Waals surface area contributed by atoms with Crippen molar-refractivity contribution >= 4 is 44.7 Å². The molecule has 0 aliphatic carbocycles. The zero-order valence-electron chi connectivity index (χ0n) is 15.3. The number of hydrogen-bond acceptors (Lipinski definition) is 8. The third kappa shape index (κ3) is 4.00. The normalized spacial score (nSPS) is 12.1. The lowest BCUT2D eigenvalue weighted by Crippen LogP contribution is -2.24. The molecule has 0 unspecified atom stereocenters. The van der Waals surface area contributed by atoms with Crippen molar-refractivity contribution in [1.29, 1.82) is 0 Å². The number of nitrogens with zero attached hydrogens (tertiary/aromatic N) is 4. The molecule has 2 N–H and O–H groups in total. The molecule has 4 rings (SSSR count). The summed E-state index contributed by atoms with van der Waals surface area (Å²) in [7, 11) is 0. The fourth-order valence-electron chi connectivity index (χ4n) is 2.75. The summed E-state index contributed by atoms with van der Waals surface area (Å²) >= 11 is 3.02. The molecular formula is C19H18N6OS2. The highest BCUT2D eigenvalue weighted by Crippen LogP contribution is 2.28. The van der Waals surface area contributed by atoms with Gasteiger partial charge in [-0.2, -0.15) is 0 Å². The number of fused-ring (bicyclic) bond motifs is 1. The molecule has 7 nitrogen and oxygen atoms in total. The molecule has 0 radical (unpaired) electrons. The summed E-state index contributed by atoms with van der Waals surface area (Å²) in [5.41, 5.74) is 2.01. The van der Waals surface area contributed by atoms with E-state index in [2.05, 4.69) is 30.6 Å². The Morgan fingerprint density at radius 2 is 2.11 bits per heavy atom. The van der Waals surface area contributed by atoms with Gasteiger partial charge in [0.05, 0.1) is 28.5 Å². The number of nitrogens with one attached hydrogen (secondary N) is 2. The van der Waals surface area contributed by atoms with Gasteiger partial charge in [0.1, 0.15) is 5.01 Å². The van der Waals surface area contributed by atoms with Crippen molar-refractivity contribution in [2.75, 3.05) is 5.32 Å². The minimum atomic E-state index is -0.238. The van der Waals surface area contributed by atoms with Crippen LogP contribution in [0, 0.1) is 6.92 Å². The maximum absolute atomic E-state index is 12.8. The van der Waals surface area contributed by atoms with Gasteiger partial charge in [0.2, 0.25) is 5.95 Å². The Balaban J connectivity index is 1.62. The van der Waals surface area contributed by atoms with Gasteiger partial charge in [0.25, 0.3) is 5.91 Å². The number of aromatic nitrogens is 4. The van der Waals surface area contributed by atoms with Gasteiger partial charge in [-0.1, -0.05) is 6.07 Å². The average molecular weight is 411 g/mol. The fourth-order valence-corrected chi connectivity index (χ4v) is 4.24. The quantitative estimate of drug-likeness (QED) is 0.500. The number of thiophene rings is 1. The molecule has 0 fully saturated rings. The van der Waals surface area contributed by atoms with E-state index in [-0.39, 0.29) is 11.9 Å². The van der Waals surface area contributed by atoms with Crippen molar-refractivity contribution in [3.63, 3.8) is 0 Å². The van der Waals surface area contributed by atoms with Crippen LogP contribution in [0.2, 0.25) is 0 Å². The van der Waals surface area contributed by atoms with Crippen LogP contribution >= 0.6 is 22.7 Å². The Kier molecular flexibility index (Phi) is 5.27. The van der Waals surface area contributed by atoms with E-state index in [0.29, 0.717) is 18.2 Å². The Bertz CT molecular complexity index is 1090. The van der Waals surface area contributed by atoms with Crippen LogP contribution in [0.5, 0.6) is 0 Å². The average Bonchev–Trinajstić information content (AvgIpc) is 3.34. The van der Waals surface area contributed by atoms with E-state index in [4.69, 9.17) is 0 Å². The zero-order chi connectivity index (χ0) is 19.5. The molecule has 0 saturated carbocycles. The van der Waals surface area contributed by atoms with E-state index in [1.54, 1.807) is 12.4 Å². The molecule has 0 aromatic carbocycles. The number of aryl methyl sites for hydroxylation is 1. The number of rotatable bonds is 6. The first kappa shape index (κ1) is 18.5. The number of pyridine rings is 1. The molecule has 0 aliphatic heterocycles. The van der Waals surface area contributed by atoms with Gasteiger partial charge in [0.15, 0.2) is 5.69 Å². The number of carbonyl (C=O) groups is 1. The molecule has 4 heterocycles. The molecule has 4 aromatic rings. The molecule has 0 aliphatic rings. The highest BCUT2D eigenvalue weighted by molar-refractivity contribution is 7.19. The van der Waals surface area contributed by atoms with E-state index in [1.165, 1.54) is 22.7 Å². The van der Waals surface area contributed by atoms with Gasteiger partial charge in [-0.05, 0) is 32.0 Å². The highest BCUT2D eigenvalue weighted by Gasteiger charge is 2.18. The lowest BCUT2D eigenvalue weighted by Gasteiger charge is -2.14. The first-order valence-electron chi connectivity index (χ1n) is 8.72. The van der Waals surface area contributed by atoms with Crippen molar-refractivity contribution in [1.82, 2.24) is 25.3 Å². The Morgan fingerprint density at radius 1 is 1.21 bits per heavy atom. The van der Waals surface area contributed by atoms with Crippen LogP contribution in [0.15, 0.2) is 42.0 Å². The lowest BCUT2D eigenvalue weighted by molar-refractivity contribution is 0.0948. The van der Waals surface area contributed by atoms with Gasteiger partial charge >= 0.3 is 0 Å². The maximum atomic E-state index is 12.8. The van der Waals surface area contributed by atoms with Crippen LogP contribution in [-0.2, 0) is 6.54 Å². The smallest absolute Gasteiger partial charge is 0.271 e. The van der Waals surface area contributed by atoms with E-state index >= 15 is 0 Å². The Hall–Kier alpha value is -2.91. The standard InChI is InChI=1S/C19H18N6OS2/c1-11-9-14-17(28-11)16(18(26)22-10-15-21-7-8-27-15)25-19(24-14)23-12(2)13-5-3-4-6-20-13/h3-9,12H,10H2,1-2H3,(H,22,26)(H,23,24,25)/t12-/m0/s1. The second-order valence-electron chi connectivity index (χ2n) is 6.20. The zero-order valence-corrected chi connectivity index (χ0v) is 17.0. The van der Waals surface area contributed by atoms with E-state index in [9.17, 15) is 4.79 Å². The molecule has 1 atom stereocenters. The second kappa shape index (κ2) is 7.99. The Morgan fingerprint density at radius 3 is 2.86 bits per heavy atom. The SMILES string of the molecule is Cc1cc2nc(N[C@@H](C)c3ccccn3)nc(C(=O)NCc3nccs3)c2s1. The molecule has 0 saturated heterocycles. The Labute approximate surface area is 169 Å². The molecule has 0 spiro atoms. The highest BCUT2D eigenvalue weighted by atomic mass is 32.1. The molecule has 1 amide bonds. The third-order valence-electron chi connectivity index (χ3n) is 4.07. The van der Waals surface area contributed by atoms with Gasteiger partial charge < -0.3 is 10.6 Å². The predicted molar refractivity (Wildman–Crippen MR) is 112 cm³/mol. The molecule has 0 bridgehead atoms. The van der Waals surface area contributed by atoms with Crippen LogP contribution in [0.4, 0.5) is 5.95 Å². The monoisotopic (exact) mass is 410 g/mol. The van der Waals surface area contributed by atoms with Crippen molar-refractivity contribution in [3.05, 3.63) is 63.3 Å². The van der Waals surface area contributed by atoms with E-state index < -0.39 is 0 Å². The van der Waals surface area contributed by atoms with Crippen LogP contribution < -0.4 is 10.6 Å². The van der Waals surface area contributed by atoms with Crippen molar-refractivity contribution < 1.29 is 4.79 Å². The number of carbonyl (C=O) groups excluding carboxylic acids is 1. The summed E-state index contributed by atoms with van der Waals surface area (Å²) in [6, 6.07) is 7.62. The van der Waals surface area contributed by atoms with Crippen LogP contribution in [-0.4, -0.2) is 25.8 Å². The first-order chi connectivity index (χ1) is 13.6. The van der Waals surface area contributed by atoms with Crippen LogP contribution in [0.25, 0.3) is 10.2 Å². The maximum Gasteiger partial charge on any atom is 0.271 e. The van der Waals surface area contributed by atoms with Gasteiger partial charge in [-0.25, -0.2) is 15.0 Å². The first-order valence-corrected chi connectivity index (χ1v) is 10.4. The van der Waals surface area contributed by atoms with Crippen molar-refractivity contribution in [2.45, 2.75) is 26.4 Å². The van der Waals surface area contributed by atoms with E-state index in [0.717, 1.165) is 25.8 Å². The number of thiazole rings is 1. The summed E-state index contributed by atoms with van der Waals surface area (Å²) < 4.78 is 0.783. The summed E-state index contributed by atoms with van der Waals surface area (Å²) in [4.78, 5) is 31.5. The van der Waals surface area contributed by atoms with Gasteiger partial charge in [-0.3, -0.25) is 9.78 Å². The summed E-state index contributed by atoms with van der Waals surface area (Å²) in [6.45, 7) is 4.35. The minimum absolute atomic E-state index is 0.0930. The lowest BCUT2D eigenvalue weighted by atomic mass is 10.2. The van der Waals surface area contributed by atoms with Gasteiger partial charge in [-0.15, -0.1) is 22.7 Å². The summed E-state index contributed by atoms with van der Waals surface area (Å²) in [5, 5.41) is 8.89. The van der Waals surface area contributed by atoms with Gasteiger partial charge in [0, 0.05) is 22.7 Å². The largest absolute Gasteiger partial charge is 0.346 e. The summed E-state index contributed by atoms with van der Waals surface area (Å²) in [5.74, 6) is 0.167. The fraction of sp³-hybridized carbons (Fsp3) is 0.211. The third-order valence-corrected chi connectivity index (χ3v) is 5.90. The summed E-state index contributed by atoms with van der Waals surface area (Å²) in [6.07, 6.45) is 3.47.